The molecule has 0 saturated carbocycles. The highest BCUT2D eigenvalue weighted by Crippen LogP contribution is 2.20. The molecule has 1 rings (SSSR count). The van der Waals surface area contributed by atoms with Crippen molar-refractivity contribution in [3.63, 3.8) is 0 Å². The molecule has 1 saturated heterocycles. The lowest BCUT2D eigenvalue weighted by Gasteiger charge is -2.29. The van der Waals surface area contributed by atoms with Crippen molar-refractivity contribution in [2.45, 2.75) is 62.7 Å². The molecule has 1 heterocycles. The standard InChI is InChI=1S/C20H35N7O7S/c1-35-9-6-13(18(32)27-8-3-5-14(27)19(33)34)26-17(31)12(4-2-7-24-20(22)23)25-16(30)11(21)10-15(28)29/h11-14H,2-10,21H2,1H3,(H,25,30)(H,26,31)(H,28,29)(H,33,34)(H4,22,23,24). The second-order valence-electron chi connectivity index (χ2n) is 8.08. The molecule has 198 valence electrons. The number of likely N-dealkylation sites (tertiary alicyclic amines) is 1. The molecule has 0 aromatic heterocycles. The molecule has 3 amide bonds. The minimum absolute atomic E-state index is 0.0824. The number of thioether (sulfide) groups is 1. The quantitative estimate of drug-likeness (QED) is 0.0688. The van der Waals surface area contributed by atoms with Crippen molar-refractivity contribution in [2.75, 3.05) is 25.1 Å². The van der Waals surface area contributed by atoms with Crippen LogP contribution in [0, 0.1) is 0 Å². The number of carbonyl (C=O) groups is 5. The Morgan fingerprint density at radius 2 is 1.74 bits per heavy atom. The number of carboxylic acid groups (broad SMARTS) is 2. The molecular weight excluding hydrogens is 482 g/mol. The van der Waals surface area contributed by atoms with E-state index in [0.717, 1.165) is 0 Å². The number of aliphatic imine (C=N–C) groups is 1. The van der Waals surface area contributed by atoms with Crippen molar-refractivity contribution in [3.8, 4) is 0 Å². The summed E-state index contributed by atoms with van der Waals surface area (Å²) < 4.78 is 0. The van der Waals surface area contributed by atoms with Gasteiger partial charge >= 0.3 is 11.9 Å². The average Bonchev–Trinajstić information content (AvgIpc) is 3.27. The summed E-state index contributed by atoms with van der Waals surface area (Å²) in [6.07, 6.45) is 2.69. The third-order valence-electron chi connectivity index (χ3n) is 5.36. The fourth-order valence-corrected chi connectivity index (χ4v) is 4.06. The highest BCUT2D eigenvalue weighted by molar-refractivity contribution is 7.98. The third kappa shape index (κ3) is 10.4. The van der Waals surface area contributed by atoms with Crippen LogP contribution in [0.2, 0.25) is 0 Å². The van der Waals surface area contributed by atoms with Gasteiger partial charge in [0.05, 0.1) is 12.5 Å². The summed E-state index contributed by atoms with van der Waals surface area (Å²) in [5.41, 5.74) is 16.2. The maximum absolute atomic E-state index is 13.1. The summed E-state index contributed by atoms with van der Waals surface area (Å²) >= 11 is 1.45. The molecule has 1 fully saturated rings. The molecule has 0 aromatic carbocycles. The normalized spacial score (nSPS) is 17.7. The van der Waals surface area contributed by atoms with Gasteiger partial charge in [-0.05, 0) is 44.1 Å². The number of nitrogens with one attached hydrogen (secondary N) is 2. The summed E-state index contributed by atoms with van der Waals surface area (Å²) in [4.78, 5) is 66.1. The SMILES string of the molecule is CSCCC(NC(=O)C(CCCN=C(N)N)NC(=O)C(N)CC(=O)O)C(=O)N1CCCC1C(=O)O. The molecule has 15 heteroatoms. The molecule has 0 aromatic rings. The molecule has 4 atom stereocenters. The smallest absolute Gasteiger partial charge is 0.326 e. The molecule has 14 nitrogen and oxygen atoms in total. The van der Waals surface area contributed by atoms with Crippen LogP contribution in [0.5, 0.6) is 0 Å². The van der Waals surface area contributed by atoms with Gasteiger partial charge in [0.2, 0.25) is 17.7 Å². The number of hydrogen-bond donors (Lipinski definition) is 7. The van der Waals surface area contributed by atoms with E-state index in [2.05, 4.69) is 15.6 Å². The topological polar surface area (TPSA) is 244 Å². The fraction of sp³-hybridized carbons (Fsp3) is 0.700. The van der Waals surface area contributed by atoms with Crippen molar-refractivity contribution in [2.24, 2.45) is 22.2 Å². The first-order valence-electron chi connectivity index (χ1n) is 11.1. The van der Waals surface area contributed by atoms with E-state index in [4.69, 9.17) is 22.3 Å². The van der Waals surface area contributed by atoms with Crippen LogP contribution in [0.1, 0.15) is 38.5 Å². The van der Waals surface area contributed by atoms with Gasteiger partial charge in [0.25, 0.3) is 0 Å². The van der Waals surface area contributed by atoms with Gasteiger partial charge in [0.1, 0.15) is 18.1 Å². The van der Waals surface area contributed by atoms with Gasteiger partial charge in [0, 0.05) is 13.1 Å². The van der Waals surface area contributed by atoms with Gasteiger partial charge in [-0.25, -0.2) is 4.79 Å². The first-order valence-corrected chi connectivity index (χ1v) is 12.5. The Kier molecular flexibility index (Phi) is 12.9. The van der Waals surface area contributed by atoms with E-state index in [1.807, 2.05) is 6.26 Å². The summed E-state index contributed by atoms with van der Waals surface area (Å²) in [6.45, 7) is 0.441. The maximum atomic E-state index is 13.1. The van der Waals surface area contributed by atoms with Gasteiger partial charge in [-0.2, -0.15) is 11.8 Å². The van der Waals surface area contributed by atoms with Crippen LogP contribution in [0.3, 0.4) is 0 Å². The van der Waals surface area contributed by atoms with E-state index < -0.39 is 60.2 Å². The Bertz CT molecular complexity index is 807. The zero-order valence-corrected chi connectivity index (χ0v) is 20.5. The van der Waals surface area contributed by atoms with Crippen molar-refractivity contribution in [1.29, 1.82) is 0 Å². The van der Waals surface area contributed by atoms with Crippen LogP contribution in [0.25, 0.3) is 0 Å². The number of rotatable bonds is 15. The number of guanidine groups is 1. The molecular formula is C20H35N7O7S. The van der Waals surface area contributed by atoms with Crippen LogP contribution in [-0.4, -0.2) is 100.0 Å². The van der Waals surface area contributed by atoms with Crippen LogP contribution in [0.15, 0.2) is 4.99 Å². The van der Waals surface area contributed by atoms with Crippen molar-refractivity contribution < 1.29 is 34.2 Å². The number of nitrogens with zero attached hydrogens (tertiary/aromatic N) is 2. The fourth-order valence-electron chi connectivity index (χ4n) is 3.58. The Morgan fingerprint density at radius 1 is 1.09 bits per heavy atom. The molecule has 10 N–H and O–H groups in total. The lowest BCUT2D eigenvalue weighted by molar-refractivity contribution is -0.149. The Morgan fingerprint density at radius 3 is 2.31 bits per heavy atom. The number of nitrogens with two attached hydrogens (primary N) is 3. The summed E-state index contributed by atoms with van der Waals surface area (Å²) in [6, 6.07) is -4.48. The Balaban J connectivity index is 3.00. The number of carbonyl (C=O) groups excluding carboxylic acids is 3. The van der Waals surface area contributed by atoms with Gasteiger partial charge < -0.3 is 42.9 Å². The van der Waals surface area contributed by atoms with Crippen LogP contribution in [0.4, 0.5) is 0 Å². The van der Waals surface area contributed by atoms with Crippen LogP contribution in [-0.2, 0) is 24.0 Å². The minimum Gasteiger partial charge on any atom is -0.481 e. The van der Waals surface area contributed by atoms with E-state index in [0.29, 0.717) is 25.0 Å². The predicted molar refractivity (Wildman–Crippen MR) is 129 cm³/mol. The Hall–Kier alpha value is -3.07. The van der Waals surface area contributed by atoms with Crippen LogP contribution >= 0.6 is 11.8 Å². The maximum Gasteiger partial charge on any atom is 0.326 e. The molecule has 35 heavy (non-hydrogen) atoms. The predicted octanol–water partition coefficient (Wildman–Crippen LogP) is -2.36. The van der Waals surface area contributed by atoms with E-state index in [-0.39, 0.29) is 31.9 Å². The van der Waals surface area contributed by atoms with E-state index in [1.165, 1.54) is 16.7 Å². The molecule has 1 aliphatic heterocycles. The molecule has 1 aliphatic rings. The summed E-state index contributed by atoms with van der Waals surface area (Å²) in [5.74, 6) is -4.04. The molecule has 0 bridgehead atoms. The van der Waals surface area contributed by atoms with E-state index >= 15 is 0 Å². The highest BCUT2D eigenvalue weighted by atomic mass is 32.2. The molecule has 0 spiro atoms. The number of aliphatic carboxylic acids is 2. The van der Waals surface area contributed by atoms with Gasteiger partial charge in [0.15, 0.2) is 5.96 Å². The highest BCUT2D eigenvalue weighted by Gasteiger charge is 2.38. The van der Waals surface area contributed by atoms with Crippen LogP contribution < -0.4 is 27.8 Å². The Labute approximate surface area is 207 Å². The average molecular weight is 518 g/mol. The molecule has 4 unspecified atom stereocenters. The van der Waals surface area contributed by atoms with E-state index in [1.54, 1.807) is 0 Å². The van der Waals surface area contributed by atoms with Gasteiger partial charge in [-0.3, -0.25) is 24.2 Å². The molecule has 0 aliphatic carbocycles. The van der Waals surface area contributed by atoms with Gasteiger partial charge in [-0.15, -0.1) is 0 Å². The lowest BCUT2D eigenvalue weighted by atomic mass is 10.1. The molecule has 0 radical (unpaired) electrons. The first-order chi connectivity index (χ1) is 16.5. The number of hydrogen-bond acceptors (Lipinski definition) is 8. The lowest BCUT2D eigenvalue weighted by Crippen LogP contribution is -2.57. The zero-order chi connectivity index (χ0) is 26.5. The summed E-state index contributed by atoms with van der Waals surface area (Å²) in [7, 11) is 0. The van der Waals surface area contributed by atoms with Crippen molar-refractivity contribution in [1.82, 2.24) is 15.5 Å². The minimum atomic E-state index is -1.38. The van der Waals surface area contributed by atoms with Crippen molar-refractivity contribution in [3.05, 3.63) is 0 Å². The zero-order valence-electron chi connectivity index (χ0n) is 19.6. The first kappa shape index (κ1) is 30.0. The monoisotopic (exact) mass is 517 g/mol. The second-order valence-corrected chi connectivity index (χ2v) is 9.07. The largest absolute Gasteiger partial charge is 0.481 e. The number of amides is 3. The van der Waals surface area contributed by atoms with Gasteiger partial charge in [-0.1, -0.05) is 0 Å². The second kappa shape index (κ2) is 15.0. The summed E-state index contributed by atoms with van der Waals surface area (Å²) in [5, 5.41) is 23.3. The van der Waals surface area contributed by atoms with E-state index in [9.17, 15) is 29.1 Å². The third-order valence-corrected chi connectivity index (χ3v) is 6.00. The number of carboxylic acids is 2. The van der Waals surface area contributed by atoms with Crippen molar-refractivity contribution >= 4 is 47.4 Å².